The van der Waals surface area contributed by atoms with E-state index in [1.165, 1.54) is 53.4 Å². The molecule has 0 fully saturated rings. The predicted octanol–water partition coefficient (Wildman–Crippen LogP) is 2.99. The number of esters is 1. The van der Waals surface area contributed by atoms with Crippen molar-refractivity contribution in [2.45, 2.75) is 6.54 Å². The SMILES string of the molecule is COC(=O)C(O)=CC(=O)N(CCOc1ccc(F)cc1)Cc1ccc(F)cc1. The van der Waals surface area contributed by atoms with Crippen LogP contribution in [0.25, 0.3) is 0 Å². The number of carbonyl (C=O) groups is 2. The number of hydrogen-bond acceptors (Lipinski definition) is 5. The maximum atomic E-state index is 13.1. The molecule has 0 aliphatic rings. The van der Waals surface area contributed by atoms with Crippen molar-refractivity contribution < 1.29 is 33.0 Å². The van der Waals surface area contributed by atoms with Crippen molar-refractivity contribution >= 4 is 11.9 Å². The van der Waals surface area contributed by atoms with Crippen LogP contribution in [0.2, 0.25) is 0 Å². The Morgan fingerprint density at radius 3 is 2.18 bits per heavy atom. The van der Waals surface area contributed by atoms with Gasteiger partial charge in [0.1, 0.15) is 24.0 Å². The molecule has 0 heterocycles. The van der Waals surface area contributed by atoms with Crippen molar-refractivity contribution in [2.24, 2.45) is 0 Å². The third kappa shape index (κ3) is 6.39. The van der Waals surface area contributed by atoms with Crippen LogP contribution in [0, 0.1) is 11.6 Å². The van der Waals surface area contributed by atoms with E-state index in [-0.39, 0.29) is 19.7 Å². The van der Waals surface area contributed by atoms with E-state index >= 15 is 0 Å². The molecule has 2 aromatic rings. The van der Waals surface area contributed by atoms with Crippen molar-refractivity contribution in [1.82, 2.24) is 4.90 Å². The Bertz CT molecular complexity index is 835. The fourth-order valence-electron chi connectivity index (χ4n) is 2.25. The average Bonchev–Trinajstić information content (AvgIpc) is 2.69. The van der Waals surface area contributed by atoms with E-state index in [2.05, 4.69) is 4.74 Å². The molecule has 0 unspecified atom stereocenters. The molecule has 1 N–H and O–H groups in total. The summed E-state index contributed by atoms with van der Waals surface area (Å²) in [7, 11) is 1.07. The molecule has 0 atom stereocenters. The Labute approximate surface area is 160 Å². The number of nitrogens with zero attached hydrogens (tertiary/aromatic N) is 1. The summed E-state index contributed by atoms with van der Waals surface area (Å²) in [4.78, 5) is 25.0. The molecule has 0 radical (unpaired) electrons. The maximum Gasteiger partial charge on any atom is 0.373 e. The first-order valence-electron chi connectivity index (χ1n) is 8.29. The largest absolute Gasteiger partial charge is 0.502 e. The molecule has 6 nitrogen and oxygen atoms in total. The quantitative estimate of drug-likeness (QED) is 0.425. The van der Waals surface area contributed by atoms with Gasteiger partial charge in [-0.05, 0) is 42.0 Å². The Kier molecular flexibility index (Phi) is 7.50. The molecule has 0 aliphatic heterocycles. The van der Waals surface area contributed by atoms with Crippen LogP contribution >= 0.6 is 0 Å². The highest BCUT2D eigenvalue weighted by Gasteiger charge is 2.16. The third-order valence-corrected chi connectivity index (χ3v) is 3.70. The lowest BCUT2D eigenvalue weighted by molar-refractivity contribution is -0.139. The summed E-state index contributed by atoms with van der Waals surface area (Å²) < 4.78 is 35.8. The summed E-state index contributed by atoms with van der Waals surface area (Å²) in [6.45, 7) is 0.265. The predicted molar refractivity (Wildman–Crippen MR) is 96.4 cm³/mol. The maximum absolute atomic E-state index is 13.1. The summed E-state index contributed by atoms with van der Waals surface area (Å²) in [5, 5.41) is 9.59. The van der Waals surface area contributed by atoms with Gasteiger partial charge < -0.3 is 19.5 Å². The molecule has 2 aromatic carbocycles. The van der Waals surface area contributed by atoms with Crippen molar-refractivity contribution in [3.05, 3.63) is 77.6 Å². The molecule has 0 bridgehead atoms. The third-order valence-electron chi connectivity index (χ3n) is 3.70. The zero-order chi connectivity index (χ0) is 20.5. The number of carbonyl (C=O) groups excluding carboxylic acids is 2. The number of rotatable bonds is 8. The topological polar surface area (TPSA) is 76.1 Å². The lowest BCUT2D eigenvalue weighted by Crippen LogP contribution is -2.33. The monoisotopic (exact) mass is 391 g/mol. The number of methoxy groups -OCH3 is 1. The van der Waals surface area contributed by atoms with Gasteiger partial charge in [-0.15, -0.1) is 0 Å². The number of aliphatic hydroxyl groups excluding tert-OH is 1. The molecular weight excluding hydrogens is 372 g/mol. The van der Waals surface area contributed by atoms with E-state index in [4.69, 9.17) is 4.74 Å². The standard InChI is InChI=1S/C20H19F2NO5/c1-27-20(26)18(24)12-19(25)23(13-14-2-4-15(21)5-3-14)10-11-28-17-8-6-16(22)7-9-17/h2-9,12,24H,10-11,13H2,1H3. The first-order valence-corrected chi connectivity index (χ1v) is 8.29. The molecule has 1 amide bonds. The van der Waals surface area contributed by atoms with Crippen LogP contribution in [0.4, 0.5) is 8.78 Å². The molecule has 148 valence electrons. The first kappa shape index (κ1) is 20.9. The Hall–Kier alpha value is -3.42. The molecule has 0 aliphatic carbocycles. The number of benzene rings is 2. The molecule has 0 saturated carbocycles. The first-order chi connectivity index (χ1) is 13.4. The summed E-state index contributed by atoms with van der Waals surface area (Å²) in [6, 6.07) is 10.9. The van der Waals surface area contributed by atoms with E-state index < -0.39 is 29.3 Å². The second-order valence-electron chi connectivity index (χ2n) is 5.71. The molecule has 28 heavy (non-hydrogen) atoms. The highest BCUT2D eigenvalue weighted by Crippen LogP contribution is 2.12. The van der Waals surface area contributed by atoms with Gasteiger partial charge in [0.25, 0.3) is 5.91 Å². The van der Waals surface area contributed by atoms with Crippen LogP contribution in [-0.2, 0) is 20.9 Å². The van der Waals surface area contributed by atoms with Crippen LogP contribution in [-0.4, -0.2) is 42.1 Å². The van der Waals surface area contributed by atoms with Crippen LogP contribution in [0.1, 0.15) is 5.56 Å². The van der Waals surface area contributed by atoms with Crippen molar-refractivity contribution in [2.75, 3.05) is 20.3 Å². The van der Waals surface area contributed by atoms with Crippen molar-refractivity contribution in [3.63, 3.8) is 0 Å². The Morgan fingerprint density at radius 2 is 1.61 bits per heavy atom. The molecule has 8 heteroatoms. The van der Waals surface area contributed by atoms with Crippen LogP contribution < -0.4 is 4.74 Å². The fraction of sp³-hybridized carbons (Fsp3) is 0.200. The minimum absolute atomic E-state index is 0.0748. The van der Waals surface area contributed by atoms with E-state index in [0.717, 1.165) is 13.2 Å². The number of hydrogen-bond donors (Lipinski definition) is 1. The summed E-state index contributed by atoms with van der Waals surface area (Å²) >= 11 is 0. The van der Waals surface area contributed by atoms with Crippen LogP contribution in [0.5, 0.6) is 5.75 Å². The van der Waals surface area contributed by atoms with Gasteiger partial charge in [0.15, 0.2) is 0 Å². The molecule has 0 saturated heterocycles. The Morgan fingerprint density at radius 1 is 1.04 bits per heavy atom. The Balaban J connectivity index is 2.08. The van der Waals surface area contributed by atoms with Crippen LogP contribution in [0.3, 0.4) is 0 Å². The number of ether oxygens (including phenoxy) is 2. The van der Waals surface area contributed by atoms with E-state index in [1.54, 1.807) is 0 Å². The van der Waals surface area contributed by atoms with Gasteiger partial charge in [0.2, 0.25) is 5.76 Å². The van der Waals surface area contributed by atoms with Gasteiger partial charge in [-0.1, -0.05) is 12.1 Å². The highest BCUT2D eigenvalue weighted by atomic mass is 19.1. The number of aliphatic hydroxyl groups is 1. The van der Waals surface area contributed by atoms with E-state index in [9.17, 15) is 23.5 Å². The van der Waals surface area contributed by atoms with Crippen molar-refractivity contribution in [1.29, 1.82) is 0 Å². The average molecular weight is 391 g/mol. The van der Waals surface area contributed by atoms with E-state index in [0.29, 0.717) is 11.3 Å². The molecular formula is C20H19F2NO5. The van der Waals surface area contributed by atoms with E-state index in [1.807, 2.05) is 0 Å². The molecule has 0 spiro atoms. The molecule has 0 aromatic heterocycles. The summed E-state index contributed by atoms with van der Waals surface area (Å²) in [5.41, 5.74) is 0.641. The smallest absolute Gasteiger partial charge is 0.373 e. The highest BCUT2D eigenvalue weighted by molar-refractivity contribution is 5.96. The summed E-state index contributed by atoms with van der Waals surface area (Å²) in [6.07, 6.45) is 0.743. The van der Waals surface area contributed by atoms with Gasteiger partial charge in [-0.2, -0.15) is 0 Å². The number of halogens is 2. The fourth-order valence-corrected chi connectivity index (χ4v) is 2.25. The van der Waals surface area contributed by atoms with Gasteiger partial charge in [-0.3, -0.25) is 4.79 Å². The van der Waals surface area contributed by atoms with Gasteiger partial charge in [0.05, 0.1) is 19.7 Å². The minimum Gasteiger partial charge on any atom is -0.502 e. The van der Waals surface area contributed by atoms with Crippen molar-refractivity contribution in [3.8, 4) is 5.75 Å². The van der Waals surface area contributed by atoms with Crippen LogP contribution in [0.15, 0.2) is 60.4 Å². The zero-order valence-corrected chi connectivity index (χ0v) is 15.1. The normalized spacial score (nSPS) is 11.0. The molecule has 2 rings (SSSR count). The van der Waals surface area contributed by atoms with Gasteiger partial charge in [0, 0.05) is 6.54 Å². The second-order valence-corrected chi connectivity index (χ2v) is 5.71. The van der Waals surface area contributed by atoms with Gasteiger partial charge >= 0.3 is 5.97 Å². The number of amides is 1. The lowest BCUT2D eigenvalue weighted by atomic mass is 10.2. The second kappa shape index (κ2) is 10.1. The lowest BCUT2D eigenvalue weighted by Gasteiger charge is -2.21. The minimum atomic E-state index is -1.04. The van der Waals surface area contributed by atoms with Gasteiger partial charge in [-0.25, -0.2) is 13.6 Å². The zero-order valence-electron chi connectivity index (χ0n) is 15.1. The summed E-state index contributed by atoms with van der Waals surface area (Å²) in [5.74, 6) is -2.93.